The van der Waals surface area contributed by atoms with E-state index in [1.54, 1.807) is 48.9 Å². The van der Waals surface area contributed by atoms with Crippen molar-refractivity contribution in [2.45, 2.75) is 0 Å². The van der Waals surface area contributed by atoms with E-state index in [1.807, 2.05) is 6.07 Å². The van der Waals surface area contributed by atoms with E-state index < -0.39 is 0 Å². The Labute approximate surface area is 128 Å². The van der Waals surface area contributed by atoms with Gasteiger partial charge in [-0.1, -0.05) is 12.1 Å². The van der Waals surface area contributed by atoms with Crippen molar-refractivity contribution in [2.75, 3.05) is 18.4 Å². The van der Waals surface area contributed by atoms with Gasteiger partial charge >= 0.3 is 0 Å². The van der Waals surface area contributed by atoms with Gasteiger partial charge in [-0.2, -0.15) is 5.26 Å². The number of amides is 1. The lowest BCUT2D eigenvalue weighted by Gasteiger charge is -2.05. The summed E-state index contributed by atoms with van der Waals surface area (Å²) in [6.45, 7) is 1.04. The fraction of sp³-hybridized carbons (Fsp3) is 0.125. The van der Waals surface area contributed by atoms with Crippen molar-refractivity contribution < 1.29 is 4.79 Å². The van der Waals surface area contributed by atoms with Crippen LogP contribution in [0.15, 0.2) is 48.9 Å². The first-order valence-electron chi connectivity index (χ1n) is 6.74. The Hall–Kier alpha value is -3.20. The molecule has 1 aromatic carbocycles. The monoisotopic (exact) mass is 293 g/mol. The zero-order valence-corrected chi connectivity index (χ0v) is 11.9. The lowest BCUT2D eigenvalue weighted by atomic mass is 10.1. The van der Waals surface area contributed by atoms with Gasteiger partial charge in [-0.05, 0) is 23.8 Å². The van der Waals surface area contributed by atoms with Gasteiger partial charge in [-0.25, -0.2) is 4.98 Å². The predicted octanol–water partition coefficient (Wildman–Crippen LogP) is 1.59. The molecule has 2 N–H and O–H groups in total. The van der Waals surface area contributed by atoms with Crippen LogP contribution in [0.3, 0.4) is 0 Å². The van der Waals surface area contributed by atoms with Crippen molar-refractivity contribution in [3.8, 4) is 6.07 Å². The fourth-order valence-corrected chi connectivity index (χ4v) is 1.67. The van der Waals surface area contributed by atoms with Gasteiger partial charge in [0.25, 0.3) is 0 Å². The molecule has 0 saturated carbocycles. The zero-order valence-electron chi connectivity index (χ0n) is 11.9. The molecule has 0 bridgehead atoms. The third kappa shape index (κ3) is 5.06. The fourth-order valence-electron chi connectivity index (χ4n) is 1.67. The van der Waals surface area contributed by atoms with E-state index in [-0.39, 0.29) is 5.91 Å². The minimum Gasteiger partial charge on any atom is -0.367 e. The Bertz CT molecular complexity index is 674. The van der Waals surface area contributed by atoms with Crippen LogP contribution in [0.1, 0.15) is 11.1 Å². The van der Waals surface area contributed by atoms with Crippen LogP contribution in [0.5, 0.6) is 0 Å². The standard InChI is InChI=1S/C16H15N5O/c17-11-14-3-1-13(2-4-14)5-6-16(22)21-10-9-20-15-12-18-7-8-19-15/h1-8,12H,9-10H2,(H,19,20)(H,21,22). The van der Waals surface area contributed by atoms with Crippen molar-refractivity contribution in [1.82, 2.24) is 15.3 Å². The second kappa shape index (κ2) is 8.17. The summed E-state index contributed by atoms with van der Waals surface area (Å²) in [5.74, 6) is 0.496. The summed E-state index contributed by atoms with van der Waals surface area (Å²) in [6.07, 6.45) is 7.98. The third-order valence-electron chi connectivity index (χ3n) is 2.76. The van der Waals surface area contributed by atoms with Crippen LogP contribution in [0.4, 0.5) is 5.82 Å². The van der Waals surface area contributed by atoms with E-state index in [4.69, 9.17) is 5.26 Å². The number of rotatable bonds is 6. The molecule has 0 unspecified atom stereocenters. The first-order chi connectivity index (χ1) is 10.8. The van der Waals surface area contributed by atoms with Gasteiger partial charge < -0.3 is 10.6 Å². The van der Waals surface area contributed by atoms with Gasteiger partial charge in [0.1, 0.15) is 5.82 Å². The zero-order chi connectivity index (χ0) is 15.6. The number of aromatic nitrogens is 2. The summed E-state index contributed by atoms with van der Waals surface area (Å²) in [6, 6.07) is 9.05. The normalized spacial score (nSPS) is 10.1. The van der Waals surface area contributed by atoms with Gasteiger partial charge in [0.2, 0.25) is 5.91 Å². The SMILES string of the molecule is N#Cc1ccc(C=CC(=O)NCCNc2cnccn2)cc1. The summed E-state index contributed by atoms with van der Waals surface area (Å²) in [7, 11) is 0. The maximum Gasteiger partial charge on any atom is 0.244 e. The number of carbonyl (C=O) groups excluding carboxylic acids is 1. The second-order valence-corrected chi connectivity index (χ2v) is 4.38. The van der Waals surface area contributed by atoms with Crippen LogP contribution in [0.25, 0.3) is 6.08 Å². The smallest absolute Gasteiger partial charge is 0.244 e. The van der Waals surface area contributed by atoms with Crippen LogP contribution >= 0.6 is 0 Å². The molecule has 0 aliphatic heterocycles. The quantitative estimate of drug-likeness (QED) is 0.623. The molecule has 1 heterocycles. The van der Waals surface area contributed by atoms with E-state index in [0.29, 0.717) is 24.5 Å². The highest BCUT2D eigenvalue weighted by Gasteiger charge is 1.96. The minimum absolute atomic E-state index is 0.176. The molecule has 110 valence electrons. The minimum atomic E-state index is -0.176. The maximum atomic E-state index is 11.6. The average Bonchev–Trinajstić information content (AvgIpc) is 2.58. The van der Waals surface area contributed by atoms with Gasteiger partial charge in [-0.3, -0.25) is 9.78 Å². The summed E-state index contributed by atoms with van der Waals surface area (Å²) in [5.41, 5.74) is 1.46. The molecule has 22 heavy (non-hydrogen) atoms. The van der Waals surface area contributed by atoms with Crippen molar-refractivity contribution in [3.63, 3.8) is 0 Å². The lowest BCUT2D eigenvalue weighted by Crippen LogP contribution is -2.27. The summed E-state index contributed by atoms with van der Waals surface area (Å²) in [5, 5.41) is 14.5. The number of nitrogens with one attached hydrogen (secondary N) is 2. The van der Waals surface area contributed by atoms with E-state index in [2.05, 4.69) is 20.6 Å². The molecule has 0 atom stereocenters. The average molecular weight is 293 g/mol. The second-order valence-electron chi connectivity index (χ2n) is 4.38. The highest BCUT2D eigenvalue weighted by Crippen LogP contribution is 2.04. The molecule has 0 radical (unpaired) electrons. The molecule has 2 rings (SSSR count). The van der Waals surface area contributed by atoms with Crippen molar-refractivity contribution in [3.05, 3.63) is 60.1 Å². The predicted molar refractivity (Wildman–Crippen MR) is 83.7 cm³/mol. The number of carbonyl (C=O) groups is 1. The van der Waals surface area contributed by atoms with Crippen LogP contribution < -0.4 is 10.6 Å². The van der Waals surface area contributed by atoms with Crippen molar-refractivity contribution >= 4 is 17.8 Å². The van der Waals surface area contributed by atoms with Crippen LogP contribution in [0.2, 0.25) is 0 Å². The van der Waals surface area contributed by atoms with Crippen molar-refractivity contribution in [2.24, 2.45) is 0 Å². The molecule has 6 heteroatoms. The Morgan fingerprint density at radius 3 is 2.73 bits per heavy atom. The molecule has 0 spiro atoms. The Kier molecular flexibility index (Phi) is 5.64. The summed E-state index contributed by atoms with van der Waals surface area (Å²) >= 11 is 0. The number of nitrogens with zero attached hydrogens (tertiary/aromatic N) is 3. The molecule has 0 saturated heterocycles. The molecule has 6 nitrogen and oxygen atoms in total. The molecule has 1 aromatic heterocycles. The van der Waals surface area contributed by atoms with E-state index in [9.17, 15) is 4.79 Å². The number of anilines is 1. The van der Waals surface area contributed by atoms with Gasteiger partial charge in [-0.15, -0.1) is 0 Å². The molecule has 1 amide bonds. The van der Waals surface area contributed by atoms with E-state index >= 15 is 0 Å². The highest BCUT2D eigenvalue weighted by molar-refractivity contribution is 5.91. The molecule has 0 fully saturated rings. The van der Waals surface area contributed by atoms with Crippen molar-refractivity contribution in [1.29, 1.82) is 5.26 Å². The molecule has 0 aliphatic rings. The molecule has 0 aliphatic carbocycles. The summed E-state index contributed by atoms with van der Waals surface area (Å²) < 4.78 is 0. The third-order valence-corrected chi connectivity index (χ3v) is 2.76. The molecular weight excluding hydrogens is 278 g/mol. The maximum absolute atomic E-state index is 11.6. The largest absolute Gasteiger partial charge is 0.367 e. The van der Waals surface area contributed by atoms with Crippen LogP contribution in [0, 0.1) is 11.3 Å². The van der Waals surface area contributed by atoms with Gasteiger partial charge in [0.05, 0.1) is 17.8 Å². The first kappa shape index (κ1) is 15.2. The lowest BCUT2D eigenvalue weighted by molar-refractivity contribution is -0.116. The van der Waals surface area contributed by atoms with Crippen LogP contribution in [-0.4, -0.2) is 29.0 Å². The van der Waals surface area contributed by atoms with Gasteiger partial charge in [0.15, 0.2) is 0 Å². The molecular formula is C16H15N5O. The highest BCUT2D eigenvalue weighted by atomic mass is 16.1. The van der Waals surface area contributed by atoms with E-state index in [1.165, 1.54) is 6.08 Å². The van der Waals surface area contributed by atoms with E-state index in [0.717, 1.165) is 5.56 Å². The Morgan fingerprint density at radius 2 is 2.05 bits per heavy atom. The van der Waals surface area contributed by atoms with Crippen LogP contribution in [-0.2, 0) is 4.79 Å². The number of hydrogen-bond acceptors (Lipinski definition) is 5. The van der Waals surface area contributed by atoms with Gasteiger partial charge in [0, 0.05) is 31.6 Å². The topological polar surface area (TPSA) is 90.7 Å². The Morgan fingerprint density at radius 1 is 1.23 bits per heavy atom. The Balaban J connectivity index is 1.71. The first-order valence-corrected chi connectivity index (χ1v) is 6.74. The number of benzene rings is 1. The summed E-state index contributed by atoms with van der Waals surface area (Å²) in [4.78, 5) is 19.6. The number of hydrogen-bond donors (Lipinski definition) is 2. The number of nitriles is 1. The molecule has 2 aromatic rings.